The number of anilines is 1. The standard InChI is InChI=1S/C54H75N13O11.C2HF3O2/c1-64(2)28-8-6-12-44(55)53(71)57-34-40-35-66(63-60-40)30-10-11-31-76-36-49-50(68)51(69)52(70)54(78-49)77-43-23-13-37(14-24-43)25-27-56-26-7-9-29-65(3)41-19-15-38(16-20-41)58-61-45-32-48(75-5)46(33-47(45)74-4)62-59-39-17-21-42(22-18-39)67(72)73;3-2(4,5)1(6)7/h13-24,32-33,35,44,49-52,54,56,68-70H,6-12,25-31,34,36,55H2,1-5H3,(H,57,71);(H,6,7)/b61-58?,62-59+;/t44-,49+,50+,51-,52+,54+;/m0./s1. The number of nitrogens with two attached hydrogens (primary N) is 1. The molecule has 8 N–H and O–H groups in total. The second-order valence-electron chi connectivity index (χ2n) is 20.0. The van der Waals surface area contributed by atoms with Gasteiger partial charge in [-0.15, -0.1) is 15.3 Å². The zero-order valence-corrected chi connectivity index (χ0v) is 48.1. The van der Waals surface area contributed by atoms with Crippen molar-refractivity contribution in [1.29, 1.82) is 0 Å². The Morgan fingerprint density at radius 1 is 0.824 bits per heavy atom. The number of carboxylic acid groups (broad SMARTS) is 1. The van der Waals surface area contributed by atoms with Gasteiger partial charge in [-0.1, -0.05) is 23.8 Å². The first-order valence-corrected chi connectivity index (χ1v) is 27.4. The quantitative estimate of drug-likeness (QED) is 0.00955. The summed E-state index contributed by atoms with van der Waals surface area (Å²) in [4.78, 5) is 36.1. The van der Waals surface area contributed by atoms with Crippen molar-refractivity contribution in [2.24, 2.45) is 26.2 Å². The van der Waals surface area contributed by atoms with E-state index in [4.69, 9.17) is 39.3 Å². The summed E-state index contributed by atoms with van der Waals surface area (Å²) >= 11 is 0. The van der Waals surface area contributed by atoms with Crippen LogP contribution in [0.1, 0.15) is 56.2 Å². The number of halogens is 3. The minimum Gasteiger partial charge on any atom is -0.494 e. The number of amides is 1. The summed E-state index contributed by atoms with van der Waals surface area (Å²) in [6.07, 6.45) is -3.08. The number of carbonyl (C=O) groups is 2. The fraction of sp³-hybridized carbons (Fsp3) is 0.500. The molecule has 6 rings (SSSR count). The van der Waals surface area contributed by atoms with Gasteiger partial charge in [-0.05, 0) is 133 Å². The molecule has 0 unspecified atom stereocenters. The molecule has 26 nitrogen and oxygen atoms in total. The predicted molar refractivity (Wildman–Crippen MR) is 306 cm³/mol. The van der Waals surface area contributed by atoms with Crippen LogP contribution in [0.25, 0.3) is 0 Å². The topological polar surface area (TPSA) is 341 Å². The molecule has 1 aliphatic rings. The Kier molecular flexibility index (Phi) is 27.9. The number of aromatic nitrogens is 3. The molecule has 1 fully saturated rings. The van der Waals surface area contributed by atoms with Gasteiger partial charge < -0.3 is 70.3 Å². The lowest BCUT2D eigenvalue weighted by atomic mass is 9.99. The van der Waals surface area contributed by atoms with Gasteiger partial charge in [-0.2, -0.15) is 23.4 Å². The maximum atomic E-state index is 12.4. The Labute approximate surface area is 489 Å². The summed E-state index contributed by atoms with van der Waals surface area (Å²) in [6.45, 7) is 4.67. The highest BCUT2D eigenvalue weighted by atomic mass is 19.4. The number of aryl methyl sites for hydroxylation is 1. The summed E-state index contributed by atoms with van der Waals surface area (Å²) < 4.78 is 62.1. The van der Waals surface area contributed by atoms with Crippen LogP contribution in [-0.2, 0) is 38.6 Å². The summed E-state index contributed by atoms with van der Waals surface area (Å²) in [7, 11) is 9.10. The fourth-order valence-electron chi connectivity index (χ4n) is 8.20. The van der Waals surface area contributed by atoms with Crippen LogP contribution < -0.4 is 35.5 Å². The maximum absolute atomic E-state index is 12.4. The van der Waals surface area contributed by atoms with Crippen molar-refractivity contribution in [2.75, 3.05) is 79.7 Å². The number of hydrogen-bond donors (Lipinski definition) is 7. The largest absolute Gasteiger partial charge is 0.494 e. The normalized spacial score (nSPS) is 17.4. The number of alkyl halides is 3. The number of azo groups is 2. The zero-order valence-electron chi connectivity index (χ0n) is 48.1. The SMILES string of the molecule is COc1cc(/N=N/c2ccc([N+](=O)[O-])cc2)c(OC)cc1N=Nc1ccc(N(C)CCCCNCCc2ccc(O[C@@H]3O[C@H](COCCCCn4cc(CNC(=O)[C@@H](N)CCCCN(C)C)nn4)[C@@H](O)[C@H](O)[C@H]3O)cc2)cc1.O=C(O)C(F)(F)F. The van der Waals surface area contributed by atoms with Gasteiger partial charge in [-0.25, -0.2) is 4.79 Å². The first kappa shape index (κ1) is 68.0. The third-order valence-corrected chi connectivity index (χ3v) is 13.1. The maximum Gasteiger partial charge on any atom is 0.490 e. The molecular weight excluding hydrogens is 1120 g/mol. The van der Waals surface area contributed by atoms with E-state index < -0.39 is 53.8 Å². The average Bonchev–Trinajstić information content (AvgIpc) is 3.94. The van der Waals surface area contributed by atoms with Gasteiger partial charge in [0.1, 0.15) is 58.7 Å². The molecule has 0 aliphatic carbocycles. The Balaban J connectivity index is 0.00000177. The van der Waals surface area contributed by atoms with Crippen molar-refractivity contribution in [3.8, 4) is 17.2 Å². The van der Waals surface area contributed by atoms with Crippen molar-refractivity contribution < 1.29 is 71.8 Å². The van der Waals surface area contributed by atoms with Crippen LogP contribution in [0.3, 0.4) is 0 Å². The van der Waals surface area contributed by atoms with Crippen molar-refractivity contribution in [3.05, 3.63) is 112 Å². The molecule has 0 radical (unpaired) electrons. The number of nitrogens with one attached hydrogen (secondary N) is 2. The van der Waals surface area contributed by atoms with Crippen LogP contribution in [-0.4, -0.2) is 175 Å². The molecule has 464 valence electrons. The Bertz CT molecular complexity index is 2890. The highest BCUT2D eigenvalue weighted by Crippen LogP contribution is 2.41. The summed E-state index contributed by atoms with van der Waals surface area (Å²) in [5.74, 6) is -1.71. The Morgan fingerprint density at radius 3 is 2.02 bits per heavy atom. The molecule has 1 amide bonds. The van der Waals surface area contributed by atoms with E-state index in [2.05, 4.69) is 58.3 Å². The van der Waals surface area contributed by atoms with Crippen LogP contribution in [0.4, 0.5) is 47.3 Å². The van der Waals surface area contributed by atoms with Crippen LogP contribution in [0.2, 0.25) is 0 Å². The van der Waals surface area contributed by atoms with Crippen LogP contribution in [0.15, 0.2) is 112 Å². The van der Waals surface area contributed by atoms with Crippen LogP contribution in [0.5, 0.6) is 17.2 Å². The average molecular weight is 1200 g/mol. The van der Waals surface area contributed by atoms with Crippen molar-refractivity contribution in [3.63, 3.8) is 0 Å². The number of benzene rings is 4. The van der Waals surface area contributed by atoms with Gasteiger partial charge in [0.25, 0.3) is 5.69 Å². The molecule has 29 heteroatoms. The van der Waals surface area contributed by atoms with Gasteiger partial charge >= 0.3 is 12.1 Å². The van der Waals surface area contributed by atoms with Crippen molar-refractivity contribution in [2.45, 2.75) is 107 Å². The lowest BCUT2D eigenvalue weighted by molar-refractivity contribution is -0.384. The molecular formula is C56H76F3N13O13. The van der Waals surface area contributed by atoms with Gasteiger partial charge in [0.2, 0.25) is 12.2 Å². The van der Waals surface area contributed by atoms with E-state index in [1.165, 1.54) is 38.5 Å². The summed E-state index contributed by atoms with van der Waals surface area (Å²) in [5, 5.41) is 81.9. The second-order valence-corrected chi connectivity index (χ2v) is 20.0. The highest BCUT2D eigenvalue weighted by molar-refractivity contribution is 5.81. The third kappa shape index (κ3) is 23.3. The first-order valence-electron chi connectivity index (χ1n) is 27.4. The van der Waals surface area contributed by atoms with Crippen molar-refractivity contribution >= 4 is 46.0 Å². The molecule has 1 aromatic heterocycles. The lowest BCUT2D eigenvalue weighted by Crippen LogP contribution is -2.60. The van der Waals surface area contributed by atoms with E-state index in [-0.39, 0.29) is 24.7 Å². The number of methoxy groups -OCH3 is 2. The molecule has 2 heterocycles. The monoisotopic (exact) mass is 1200 g/mol. The molecule has 6 atom stereocenters. The van der Waals surface area contributed by atoms with Gasteiger partial charge in [0.15, 0.2) is 0 Å². The number of aliphatic carboxylic acids is 1. The minimum absolute atomic E-state index is 0.0110. The van der Waals surface area contributed by atoms with E-state index in [0.29, 0.717) is 71.7 Å². The van der Waals surface area contributed by atoms with Crippen molar-refractivity contribution in [1.82, 2.24) is 30.5 Å². The number of ether oxygens (including phenoxy) is 5. The zero-order chi connectivity index (χ0) is 61.9. The highest BCUT2D eigenvalue weighted by Gasteiger charge is 2.45. The molecule has 0 bridgehead atoms. The number of non-ortho nitro benzene ring substituents is 1. The number of aliphatic hydroxyl groups is 3. The summed E-state index contributed by atoms with van der Waals surface area (Å²) in [6, 6.07) is 23.7. The van der Waals surface area contributed by atoms with Gasteiger partial charge in [0.05, 0.1) is 55.9 Å². The fourth-order valence-corrected chi connectivity index (χ4v) is 8.20. The van der Waals surface area contributed by atoms with E-state index >= 15 is 0 Å². The van der Waals surface area contributed by atoms with E-state index in [1.807, 2.05) is 50.5 Å². The number of nitro benzene ring substituents is 1. The number of carbonyl (C=O) groups excluding carboxylic acids is 1. The molecule has 1 aliphatic heterocycles. The number of aliphatic hydroxyl groups excluding tert-OH is 3. The molecule has 5 aromatic rings. The molecule has 0 spiro atoms. The van der Waals surface area contributed by atoms with E-state index in [0.717, 1.165) is 76.0 Å². The summed E-state index contributed by atoms with van der Waals surface area (Å²) in [5.41, 5.74) is 10.7. The first-order chi connectivity index (χ1) is 40.6. The molecule has 4 aromatic carbocycles. The lowest BCUT2D eigenvalue weighted by Gasteiger charge is -2.40. The number of carboxylic acids is 1. The third-order valence-electron chi connectivity index (χ3n) is 13.1. The molecule has 85 heavy (non-hydrogen) atoms. The molecule has 1 saturated heterocycles. The van der Waals surface area contributed by atoms with Gasteiger partial charge in [0, 0.05) is 56.7 Å². The van der Waals surface area contributed by atoms with Gasteiger partial charge in [-0.3, -0.25) is 19.6 Å². The smallest absolute Gasteiger partial charge is 0.490 e. The van der Waals surface area contributed by atoms with Crippen LogP contribution in [0, 0.1) is 10.1 Å². The molecule has 0 saturated carbocycles. The predicted octanol–water partition coefficient (Wildman–Crippen LogP) is 7.08. The number of unbranched alkanes of at least 4 members (excludes halogenated alkanes) is 3. The Hall–Kier alpha value is -7.77. The minimum atomic E-state index is -5.08. The van der Waals surface area contributed by atoms with Crippen LogP contribution >= 0.6 is 0 Å². The number of nitro groups is 1. The second kappa shape index (κ2) is 34.9. The Morgan fingerprint density at radius 2 is 1.44 bits per heavy atom. The van der Waals surface area contributed by atoms with E-state index in [9.17, 15) is 43.4 Å². The number of hydrogen-bond acceptors (Lipinski definition) is 22. The number of rotatable bonds is 33. The number of nitrogens with zero attached hydrogens (tertiary/aromatic N) is 10. The van der Waals surface area contributed by atoms with E-state index in [1.54, 1.807) is 35.1 Å².